The second kappa shape index (κ2) is 5.11. The molecule has 1 aromatic rings. The van der Waals surface area contributed by atoms with Crippen LogP contribution in [0.4, 0.5) is 0 Å². The van der Waals surface area contributed by atoms with Crippen LogP contribution in [0.5, 0.6) is 5.75 Å². The Labute approximate surface area is 112 Å². The third kappa shape index (κ3) is 2.37. The second-order valence-corrected chi connectivity index (χ2v) is 6.77. The smallest absolute Gasteiger partial charge is 0.115 e. The zero-order valence-corrected chi connectivity index (χ0v) is 11.7. The summed E-state index contributed by atoms with van der Waals surface area (Å²) < 4.78 is 0. The second-order valence-electron chi connectivity index (χ2n) is 5.43. The summed E-state index contributed by atoms with van der Waals surface area (Å²) in [6.07, 6.45) is 0.908. The first-order valence-electron chi connectivity index (χ1n) is 6.27. The Bertz CT molecular complexity index is 434. The van der Waals surface area contributed by atoms with Gasteiger partial charge >= 0.3 is 0 Å². The maximum absolute atomic E-state index is 9.63. The predicted octanol–water partition coefficient (Wildman–Crippen LogP) is 1.65. The maximum Gasteiger partial charge on any atom is 0.115 e. The highest BCUT2D eigenvalue weighted by Crippen LogP contribution is 2.41. The molecule has 4 N–H and O–H groups in total. The van der Waals surface area contributed by atoms with E-state index in [0.29, 0.717) is 11.0 Å². The Hall–Kier alpha value is -0.710. The van der Waals surface area contributed by atoms with Crippen LogP contribution in [0.1, 0.15) is 25.0 Å². The van der Waals surface area contributed by atoms with E-state index in [0.717, 1.165) is 17.7 Å². The largest absolute Gasteiger partial charge is 0.508 e. The molecular formula is C14H21NO2S. The number of phenols is 1. The van der Waals surface area contributed by atoms with Crippen LogP contribution >= 0.6 is 11.8 Å². The quantitative estimate of drug-likeness (QED) is 0.779. The van der Waals surface area contributed by atoms with Crippen LogP contribution in [0.25, 0.3) is 0 Å². The van der Waals surface area contributed by atoms with Crippen LogP contribution in [-0.2, 0) is 11.8 Å². The van der Waals surface area contributed by atoms with E-state index in [4.69, 9.17) is 10.8 Å². The van der Waals surface area contributed by atoms with E-state index < -0.39 is 0 Å². The van der Waals surface area contributed by atoms with Crippen molar-refractivity contribution in [3.05, 3.63) is 29.3 Å². The third-order valence-electron chi connectivity index (χ3n) is 3.87. The number of hydrogen-bond donors (Lipinski definition) is 3. The molecule has 1 aliphatic rings. The lowest BCUT2D eigenvalue weighted by atomic mass is 9.69. The zero-order valence-electron chi connectivity index (χ0n) is 10.9. The van der Waals surface area contributed by atoms with Crippen molar-refractivity contribution >= 4 is 11.8 Å². The molecule has 100 valence electrons. The molecule has 0 aliphatic heterocycles. The number of benzene rings is 1. The summed E-state index contributed by atoms with van der Waals surface area (Å²) in [5.74, 6) is 1.03. The van der Waals surface area contributed by atoms with Gasteiger partial charge in [0.05, 0.1) is 6.61 Å². The maximum atomic E-state index is 9.63. The molecule has 1 aliphatic carbocycles. The number of thioether (sulfide) groups is 1. The lowest BCUT2D eigenvalue weighted by molar-refractivity contribution is 0.321. The van der Waals surface area contributed by atoms with Crippen LogP contribution in [0.15, 0.2) is 18.2 Å². The van der Waals surface area contributed by atoms with Crippen LogP contribution in [0.3, 0.4) is 0 Å². The topological polar surface area (TPSA) is 66.5 Å². The summed E-state index contributed by atoms with van der Waals surface area (Å²) in [4.78, 5) is 0. The van der Waals surface area contributed by atoms with Crippen molar-refractivity contribution in [2.45, 2.75) is 37.0 Å². The van der Waals surface area contributed by atoms with E-state index >= 15 is 0 Å². The van der Waals surface area contributed by atoms with E-state index in [-0.39, 0.29) is 18.1 Å². The average Bonchev–Trinajstić information content (AvgIpc) is 2.33. The molecule has 0 radical (unpaired) electrons. The molecule has 0 amide bonds. The van der Waals surface area contributed by atoms with Crippen LogP contribution in [0, 0.1) is 0 Å². The summed E-state index contributed by atoms with van der Waals surface area (Å²) in [6, 6.07) is 5.59. The number of nitrogens with two attached hydrogens (primary N) is 1. The summed E-state index contributed by atoms with van der Waals surface area (Å²) >= 11 is 1.74. The Morgan fingerprint density at radius 2 is 2.17 bits per heavy atom. The predicted molar refractivity (Wildman–Crippen MR) is 76.1 cm³/mol. The van der Waals surface area contributed by atoms with Gasteiger partial charge in [0.15, 0.2) is 0 Å². The van der Waals surface area contributed by atoms with Crippen molar-refractivity contribution in [3.63, 3.8) is 0 Å². The highest BCUT2D eigenvalue weighted by Gasteiger charge is 2.40. The van der Waals surface area contributed by atoms with Gasteiger partial charge in [0.2, 0.25) is 0 Å². The molecule has 2 rings (SSSR count). The summed E-state index contributed by atoms with van der Waals surface area (Å²) in [6.45, 7) is 4.44. The van der Waals surface area contributed by atoms with Gasteiger partial charge in [-0.2, -0.15) is 11.8 Å². The molecule has 0 fully saturated rings. The molecule has 0 bridgehead atoms. The van der Waals surface area contributed by atoms with Gasteiger partial charge in [-0.05, 0) is 29.7 Å². The van der Waals surface area contributed by atoms with Gasteiger partial charge in [0.25, 0.3) is 0 Å². The Morgan fingerprint density at radius 3 is 2.83 bits per heavy atom. The highest BCUT2D eigenvalue weighted by molar-refractivity contribution is 8.00. The van der Waals surface area contributed by atoms with E-state index in [1.165, 1.54) is 5.56 Å². The molecule has 0 saturated carbocycles. The number of phenolic OH excluding ortho intramolecular Hbond substituents is 1. The lowest BCUT2D eigenvalue weighted by Crippen LogP contribution is -2.52. The Balaban J connectivity index is 2.34. The molecule has 0 spiro atoms. The van der Waals surface area contributed by atoms with Gasteiger partial charge in [0.1, 0.15) is 5.75 Å². The summed E-state index contributed by atoms with van der Waals surface area (Å²) in [5, 5.41) is 18.9. The molecule has 0 unspecified atom stereocenters. The van der Waals surface area contributed by atoms with Gasteiger partial charge in [-0.15, -0.1) is 0 Å². The van der Waals surface area contributed by atoms with Crippen molar-refractivity contribution in [2.75, 3.05) is 12.4 Å². The number of aliphatic hydroxyl groups excluding tert-OH is 1. The van der Waals surface area contributed by atoms with Crippen molar-refractivity contribution in [2.24, 2.45) is 5.73 Å². The fourth-order valence-corrected chi connectivity index (χ4v) is 3.95. The third-order valence-corrected chi connectivity index (χ3v) is 5.17. The molecule has 1 aromatic carbocycles. The molecule has 18 heavy (non-hydrogen) atoms. The first-order valence-corrected chi connectivity index (χ1v) is 7.32. The minimum Gasteiger partial charge on any atom is -0.508 e. The fourth-order valence-electron chi connectivity index (χ4n) is 2.70. The lowest BCUT2D eigenvalue weighted by Gasteiger charge is -2.43. The first kappa shape index (κ1) is 13.7. The number of fused-ring (bicyclic) bond motifs is 1. The molecular weight excluding hydrogens is 246 g/mol. The van der Waals surface area contributed by atoms with E-state index in [1.54, 1.807) is 17.8 Å². The summed E-state index contributed by atoms with van der Waals surface area (Å²) in [7, 11) is 0. The number of hydrogen-bond acceptors (Lipinski definition) is 4. The van der Waals surface area contributed by atoms with Gasteiger partial charge in [-0.25, -0.2) is 0 Å². The molecule has 2 atom stereocenters. The van der Waals surface area contributed by atoms with Crippen LogP contribution < -0.4 is 5.73 Å². The standard InChI is InChI=1S/C14H21NO2S/c1-14(2)11-8-10(17)4-3-9(11)7-12(13(14)15)18-6-5-16/h3-4,8,12-13,16-17H,5-7,15H2,1-2H3/t12-,13+/m0/s1. The number of aliphatic hydroxyl groups is 1. The molecule has 0 heterocycles. The molecule has 0 saturated heterocycles. The van der Waals surface area contributed by atoms with Crippen molar-refractivity contribution in [3.8, 4) is 5.75 Å². The van der Waals surface area contributed by atoms with E-state index in [2.05, 4.69) is 13.8 Å². The van der Waals surface area contributed by atoms with Crippen molar-refractivity contribution < 1.29 is 10.2 Å². The zero-order chi connectivity index (χ0) is 13.3. The number of rotatable bonds is 3. The van der Waals surface area contributed by atoms with Crippen LogP contribution in [0.2, 0.25) is 0 Å². The highest BCUT2D eigenvalue weighted by atomic mass is 32.2. The Morgan fingerprint density at radius 1 is 1.44 bits per heavy atom. The SMILES string of the molecule is CC1(C)c2cc(O)ccc2C[C@H](SCCO)[C@H]1N. The Kier molecular flexibility index (Phi) is 3.90. The van der Waals surface area contributed by atoms with Crippen LogP contribution in [-0.4, -0.2) is 33.9 Å². The van der Waals surface area contributed by atoms with Gasteiger partial charge < -0.3 is 15.9 Å². The number of aromatic hydroxyl groups is 1. The van der Waals surface area contributed by atoms with Crippen molar-refractivity contribution in [1.29, 1.82) is 0 Å². The first-order chi connectivity index (χ1) is 8.46. The normalized spacial score (nSPS) is 25.8. The molecule has 0 aromatic heterocycles. The van der Waals surface area contributed by atoms with E-state index in [1.807, 2.05) is 12.1 Å². The minimum absolute atomic E-state index is 0.0309. The van der Waals surface area contributed by atoms with E-state index in [9.17, 15) is 5.11 Å². The fraction of sp³-hybridized carbons (Fsp3) is 0.571. The van der Waals surface area contributed by atoms with Gasteiger partial charge in [0, 0.05) is 22.5 Å². The van der Waals surface area contributed by atoms with Gasteiger partial charge in [-0.3, -0.25) is 0 Å². The molecule has 4 heteroatoms. The minimum atomic E-state index is -0.153. The molecule has 3 nitrogen and oxygen atoms in total. The average molecular weight is 267 g/mol. The monoisotopic (exact) mass is 267 g/mol. The summed E-state index contributed by atoms with van der Waals surface area (Å²) in [5.41, 5.74) is 8.63. The van der Waals surface area contributed by atoms with Crippen molar-refractivity contribution in [1.82, 2.24) is 0 Å². The van der Waals surface area contributed by atoms with Gasteiger partial charge in [-0.1, -0.05) is 19.9 Å².